The third-order valence-electron chi connectivity index (χ3n) is 4.13. The summed E-state index contributed by atoms with van der Waals surface area (Å²) in [5.41, 5.74) is 0. The number of carbonyl (C=O) groups is 1. The molecular formula is C15H29N3O2. The second-order valence-electron chi connectivity index (χ2n) is 5.86. The fourth-order valence-corrected chi connectivity index (χ4v) is 2.97. The summed E-state index contributed by atoms with van der Waals surface area (Å²) in [7, 11) is 0. The van der Waals surface area contributed by atoms with E-state index in [2.05, 4.69) is 15.5 Å². The molecule has 0 bridgehead atoms. The Hall–Kier alpha value is -0.650. The second kappa shape index (κ2) is 9.32. The van der Waals surface area contributed by atoms with Crippen LogP contribution >= 0.6 is 0 Å². The summed E-state index contributed by atoms with van der Waals surface area (Å²) >= 11 is 0. The van der Waals surface area contributed by atoms with E-state index in [0.717, 1.165) is 32.6 Å². The van der Waals surface area contributed by atoms with Gasteiger partial charge in [0.05, 0.1) is 19.3 Å². The third-order valence-corrected chi connectivity index (χ3v) is 4.13. The van der Waals surface area contributed by atoms with Gasteiger partial charge < -0.3 is 15.4 Å². The first-order valence-corrected chi connectivity index (χ1v) is 8.16. The molecule has 2 aliphatic rings. The topological polar surface area (TPSA) is 53.6 Å². The molecule has 20 heavy (non-hydrogen) atoms. The molecule has 1 heterocycles. The number of hydrogen-bond donors (Lipinski definition) is 2. The van der Waals surface area contributed by atoms with E-state index in [4.69, 9.17) is 4.74 Å². The highest BCUT2D eigenvalue weighted by Crippen LogP contribution is 2.19. The van der Waals surface area contributed by atoms with Crippen LogP contribution in [0.3, 0.4) is 0 Å². The maximum atomic E-state index is 11.8. The maximum Gasteiger partial charge on any atom is 0.234 e. The third kappa shape index (κ3) is 6.20. The Bertz CT molecular complexity index is 272. The predicted molar refractivity (Wildman–Crippen MR) is 79.8 cm³/mol. The minimum atomic E-state index is 0.124. The predicted octanol–water partition coefficient (Wildman–Crippen LogP) is 0.747. The molecule has 1 saturated heterocycles. The molecule has 0 aromatic rings. The van der Waals surface area contributed by atoms with Crippen molar-refractivity contribution in [2.45, 2.75) is 44.6 Å². The van der Waals surface area contributed by atoms with Crippen molar-refractivity contribution in [3.63, 3.8) is 0 Å². The summed E-state index contributed by atoms with van der Waals surface area (Å²) in [6.07, 6.45) is 7.86. The summed E-state index contributed by atoms with van der Waals surface area (Å²) < 4.78 is 5.80. The number of nitrogens with one attached hydrogen (secondary N) is 2. The van der Waals surface area contributed by atoms with E-state index >= 15 is 0 Å². The first kappa shape index (κ1) is 15.7. The SMILES string of the molecule is O=C(CN1CCCNCC1)NCCOC1CCCCC1. The number of carbonyl (C=O) groups excluding carboxylic acids is 1. The first-order chi connectivity index (χ1) is 9.84. The van der Waals surface area contributed by atoms with Crippen LogP contribution in [0.1, 0.15) is 38.5 Å². The van der Waals surface area contributed by atoms with E-state index in [1.54, 1.807) is 0 Å². The highest BCUT2D eigenvalue weighted by molar-refractivity contribution is 5.77. The van der Waals surface area contributed by atoms with Crippen molar-refractivity contribution in [1.82, 2.24) is 15.5 Å². The van der Waals surface area contributed by atoms with Crippen molar-refractivity contribution in [1.29, 1.82) is 0 Å². The van der Waals surface area contributed by atoms with E-state index in [1.807, 2.05) is 0 Å². The van der Waals surface area contributed by atoms with Gasteiger partial charge in [-0.05, 0) is 32.4 Å². The lowest BCUT2D eigenvalue weighted by Crippen LogP contribution is -2.40. The summed E-state index contributed by atoms with van der Waals surface area (Å²) in [5.74, 6) is 0.124. The lowest BCUT2D eigenvalue weighted by molar-refractivity contribution is -0.122. The molecule has 0 aromatic carbocycles. The average molecular weight is 283 g/mol. The summed E-state index contributed by atoms with van der Waals surface area (Å²) in [4.78, 5) is 14.1. The molecule has 2 fully saturated rings. The fourth-order valence-electron chi connectivity index (χ4n) is 2.97. The quantitative estimate of drug-likeness (QED) is 0.706. The largest absolute Gasteiger partial charge is 0.376 e. The van der Waals surface area contributed by atoms with Crippen molar-refractivity contribution < 1.29 is 9.53 Å². The minimum absolute atomic E-state index is 0.124. The Morgan fingerprint density at radius 1 is 1.15 bits per heavy atom. The Balaban J connectivity index is 1.50. The van der Waals surface area contributed by atoms with Crippen LogP contribution in [-0.4, -0.2) is 62.8 Å². The van der Waals surface area contributed by atoms with Crippen LogP contribution in [0.15, 0.2) is 0 Å². The van der Waals surface area contributed by atoms with Crippen LogP contribution in [-0.2, 0) is 9.53 Å². The Kier molecular flexibility index (Phi) is 7.33. The lowest BCUT2D eigenvalue weighted by Gasteiger charge is -2.22. The summed E-state index contributed by atoms with van der Waals surface area (Å²) in [6, 6.07) is 0. The summed E-state index contributed by atoms with van der Waals surface area (Å²) in [6.45, 7) is 5.83. The molecule has 1 aliphatic heterocycles. The van der Waals surface area contributed by atoms with E-state index in [0.29, 0.717) is 25.8 Å². The first-order valence-electron chi connectivity index (χ1n) is 8.16. The molecule has 1 amide bonds. The normalized spacial score (nSPS) is 22.4. The van der Waals surface area contributed by atoms with E-state index in [1.165, 1.54) is 32.1 Å². The van der Waals surface area contributed by atoms with Gasteiger partial charge in [0, 0.05) is 19.6 Å². The van der Waals surface area contributed by atoms with Gasteiger partial charge in [-0.25, -0.2) is 0 Å². The molecule has 1 aliphatic carbocycles. The van der Waals surface area contributed by atoms with Gasteiger partial charge in [-0.15, -0.1) is 0 Å². The number of nitrogens with zero attached hydrogens (tertiary/aromatic N) is 1. The molecule has 0 unspecified atom stereocenters. The van der Waals surface area contributed by atoms with Crippen LogP contribution in [0.4, 0.5) is 0 Å². The average Bonchev–Trinajstić information content (AvgIpc) is 2.73. The number of rotatable bonds is 6. The highest BCUT2D eigenvalue weighted by atomic mass is 16.5. The smallest absolute Gasteiger partial charge is 0.234 e. The van der Waals surface area contributed by atoms with E-state index < -0.39 is 0 Å². The maximum absolute atomic E-state index is 11.8. The zero-order valence-corrected chi connectivity index (χ0v) is 12.5. The molecule has 0 aromatic heterocycles. The molecule has 116 valence electrons. The Labute approximate surface area is 122 Å². The zero-order chi connectivity index (χ0) is 14.0. The minimum Gasteiger partial charge on any atom is -0.376 e. The molecular weight excluding hydrogens is 254 g/mol. The standard InChI is InChI=1S/C15H29N3O2/c19-15(13-18-10-4-7-16-8-11-18)17-9-12-20-14-5-2-1-3-6-14/h14,16H,1-13H2,(H,17,19). The number of amides is 1. The van der Waals surface area contributed by atoms with Crippen LogP contribution in [0.2, 0.25) is 0 Å². The molecule has 1 saturated carbocycles. The second-order valence-corrected chi connectivity index (χ2v) is 5.86. The molecule has 5 heteroatoms. The van der Waals surface area contributed by atoms with E-state index in [-0.39, 0.29) is 5.91 Å². The number of ether oxygens (including phenoxy) is 1. The molecule has 5 nitrogen and oxygen atoms in total. The number of hydrogen-bond acceptors (Lipinski definition) is 4. The molecule has 0 radical (unpaired) electrons. The highest BCUT2D eigenvalue weighted by Gasteiger charge is 2.14. The van der Waals surface area contributed by atoms with Gasteiger partial charge in [0.15, 0.2) is 0 Å². The fraction of sp³-hybridized carbons (Fsp3) is 0.933. The van der Waals surface area contributed by atoms with Gasteiger partial charge in [-0.2, -0.15) is 0 Å². The molecule has 2 rings (SSSR count). The molecule has 2 N–H and O–H groups in total. The Morgan fingerprint density at radius 3 is 2.85 bits per heavy atom. The van der Waals surface area contributed by atoms with Gasteiger partial charge in [0.1, 0.15) is 0 Å². The lowest BCUT2D eigenvalue weighted by atomic mass is 9.98. The van der Waals surface area contributed by atoms with Crippen molar-refractivity contribution in [3.05, 3.63) is 0 Å². The van der Waals surface area contributed by atoms with Crippen LogP contribution in [0.25, 0.3) is 0 Å². The van der Waals surface area contributed by atoms with Gasteiger partial charge in [-0.1, -0.05) is 19.3 Å². The summed E-state index contributed by atoms with van der Waals surface area (Å²) in [5, 5.41) is 6.31. The molecule has 0 atom stereocenters. The van der Waals surface area contributed by atoms with Gasteiger partial charge in [0.25, 0.3) is 0 Å². The van der Waals surface area contributed by atoms with E-state index in [9.17, 15) is 4.79 Å². The van der Waals surface area contributed by atoms with Crippen LogP contribution < -0.4 is 10.6 Å². The monoisotopic (exact) mass is 283 g/mol. The van der Waals surface area contributed by atoms with Gasteiger partial charge >= 0.3 is 0 Å². The van der Waals surface area contributed by atoms with Gasteiger partial charge in [0.2, 0.25) is 5.91 Å². The Morgan fingerprint density at radius 2 is 2.00 bits per heavy atom. The van der Waals surface area contributed by atoms with Crippen molar-refractivity contribution in [2.75, 3.05) is 45.9 Å². The van der Waals surface area contributed by atoms with Gasteiger partial charge in [-0.3, -0.25) is 9.69 Å². The van der Waals surface area contributed by atoms with Crippen LogP contribution in [0, 0.1) is 0 Å². The van der Waals surface area contributed by atoms with Crippen molar-refractivity contribution >= 4 is 5.91 Å². The van der Waals surface area contributed by atoms with Crippen LogP contribution in [0.5, 0.6) is 0 Å². The molecule has 0 spiro atoms. The zero-order valence-electron chi connectivity index (χ0n) is 12.5. The van der Waals surface area contributed by atoms with Crippen molar-refractivity contribution in [2.24, 2.45) is 0 Å². The van der Waals surface area contributed by atoms with Crippen molar-refractivity contribution in [3.8, 4) is 0 Å².